The van der Waals surface area contributed by atoms with Gasteiger partial charge in [0.2, 0.25) is 0 Å². The molecular formula is C9H12O2. The summed E-state index contributed by atoms with van der Waals surface area (Å²) in [6.07, 6.45) is 5.12. The summed E-state index contributed by atoms with van der Waals surface area (Å²) < 4.78 is 5.28. The van der Waals surface area contributed by atoms with E-state index in [0.29, 0.717) is 17.9 Å². The molecule has 0 radical (unpaired) electrons. The van der Waals surface area contributed by atoms with Gasteiger partial charge in [-0.1, -0.05) is 0 Å². The number of hydrogen-bond donors (Lipinski definition) is 0. The van der Waals surface area contributed by atoms with Crippen molar-refractivity contribution in [2.45, 2.75) is 31.8 Å². The summed E-state index contributed by atoms with van der Waals surface area (Å²) in [4.78, 5) is 11.2. The lowest BCUT2D eigenvalue weighted by Crippen LogP contribution is -2.20. The predicted molar refractivity (Wildman–Crippen MR) is 38.8 cm³/mol. The molecule has 0 aromatic heterocycles. The Labute approximate surface area is 65.9 Å². The van der Waals surface area contributed by atoms with Gasteiger partial charge in [-0.3, -0.25) is 4.79 Å². The molecule has 0 aromatic rings. The van der Waals surface area contributed by atoms with Crippen molar-refractivity contribution in [1.82, 2.24) is 0 Å². The topological polar surface area (TPSA) is 26.3 Å². The zero-order valence-corrected chi connectivity index (χ0v) is 6.45. The summed E-state index contributed by atoms with van der Waals surface area (Å²) in [5, 5.41) is 0. The first kappa shape index (κ1) is 6.04. The average molecular weight is 152 g/mol. The van der Waals surface area contributed by atoms with Gasteiger partial charge in [-0.05, 0) is 31.6 Å². The second-order valence-corrected chi connectivity index (χ2v) is 4.16. The third-order valence-corrected chi connectivity index (χ3v) is 3.62. The summed E-state index contributed by atoms with van der Waals surface area (Å²) in [6, 6.07) is 0. The molecule has 2 heteroatoms. The number of carbonyl (C=O) groups is 1. The van der Waals surface area contributed by atoms with Crippen LogP contribution in [0.3, 0.4) is 0 Å². The quantitative estimate of drug-likeness (QED) is 0.490. The second kappa shape index (κ2) is 1.79. The molecule has 4 unspecified atom stereocenters. The number of hydrogen-bond acceptors (Lipinski definition) is 2. The number of fused-ring (bicyclic) bond motifs is 1. The molecule has 0 amide bonds. The maximum absolute atomic E-state index is 11.2. The maximum atomic E-state index is 11.2. The molecule has 1 saturated heterocycles. The summed E-state index contributed by atoms with van der Waals surface area (Å²) in [6.45, 7) is 0. The minimum Gasteiger partial charge on any atom is -0.462 e. The monoisotopic (exact) mass is 152 g/mol. The van der Waals surface area contributed by atoms with Crippen LogP contribution in [0.15, 0.2) is 0 Å². The van der Waals surface area contributed by atoms with Crippen molar-refractivity contribution in [3.63, 3.8) is 0 Å². The van der Waals surface area contributed by atoms with E-state index in [1.54, 1.807) is 0 Å². The van der Waals surface area contributed by atoms with Crippen LogP contribution in [0.2, 0.25) is 0 Å². The van der Waals surface area contributed by atoms with Crippen LogP contribution in [0.5, 0.6) is 0 Å². The summed E-state index contributed by atoms with van der Waals surface area (Å²) in [5.41, 5.74) is 0. The van der Waals surface area contributed by atoms with E-state index in [1.165, 1.54) is 12.8 Å². The SMILES string of the molecule is O=C1OC2CC3CCC1C2C3. The van der Waals surface area contributed by atoms with E-state index in [9.17, 15) is 4.79 Å². The Kier molecular flexibility index (Phi) is 0.984. The van der Waals surface area contributed by atoms with Crippen LogP contribution in [0, 0.1) is 17.8 Å². The minimum absolute atomic E-state index is 0.0955. The van der Waals surface area contributed by atoms with Crippen molar-refractivity contribution in [2.24, 2.45) is 17.8 Å². The van der Waals surface area contributed by atoms with Gasteiger partial charge < -0.3 is 4.74 Å². The third kappa shape index (κ3) is 0.652. The third-order valence-electron chi connectivity index (χ3n) is 3.62. The van der Waals surface area contributed by atoms with E-state index < -0.39 is 0 Å². The Morgan fingerprint density at radius 1 is 1.27 bits per heavy atom. The van der Waals surface area contributed by atoms with Crippen LogP contribution in [-0.2, 0) is 9.53 Å². The molecule has 60 valence electrons. The average Bonchev–Trinajstić information content (AvgIpc) is 2.40. The molecule has 3 aliphatic rings. The van der Waals surface area contributed by atoms with E-state index in [0.717, 1.165) is 18.8 Å². The Hall–Kier alpha value is -0.530. The number of carbonyl (C=O) groups excluding carboxylic acids is 1. The molecular weight excluding hydrogens is 140 g/mol. The zero-order valence-electron chi connectivity index (χ0n) is 6.45. The van der Waals surface area contributed by atoms with Gasteiger partial charge in [-0.25, -0.2) is 0 Å². The van der Waals surface area contributed by atoms with Gasteiger partial charge in [0.05, 0.1) is 5.92 Å². The first-order chi connectivity index (χ1) is 5.34. The van der Waals surface area contributed by atoms with E-state index in [-0.39, 0.29) is 5.97 Å². The highest BCUT2D eigenvalue weighted by Crippen LogP contribution is 2.51. The van der Waals surface area contributed by atoms with Crippen LogP contribution in [0.25, 0.3) is 0 Å². The van der Waals surface area contributed by atoms with Gasteiger partial charge >= 0.3 is 5.97 Å². The molecule has 1 heterocycles. The number of rotatable bonds is 0. The van der Waals surface area contributed by atoms with Gasteiger partial charge in [0.25, 0.3) is 0 Å². The summed E-state index contributed by atoms with van der Waals surface area (Å²) in [7, 11) is 0. The first-order valence-corrected chi connectivity index (χ1v) is 4.55. The van der Waals surface area contributed by atoms with Gasteiger partial charge in [0.1, 0.15) is 6.10 Å². The molecule has 3 rings (SSSR count). The molecule has 3 fully saturated rings. The van der Waals surface area contributed by atoms with Crippen LogP contribution in [-0.4, -0.2) is 12.1 Å². The Morgan fingerprint density at radius 2 is 2.18 bits per heavy atom. The molecule has 4 atom stereocenters. The lowest BCUT2D eigenvalue weighted by molar-refractivity contribution is -0.145. The van der Waals surface area contributed by atoms with Crippen LogP contribution in [0.4, 0.5) is 0 Å². The minimum atomic E-state index is 0.0955. The molecule has 0 N–H and O–H groups in total. The fraction of sp³-hybridized carbons (Fsp3) is 0.889. The van der Waals surface area contributed by atoms with Gasteiger partial charge in [-0.15, -0.1) is 0 Å². The summed E-state index contributed by atoms with van der Waals surface area (Å²) in [5.74, 6) is 1.88. The van der Waals surface area contributed by atoms with Crippen LogP contribution in [0.1, 0.15) is 25.7 Å². The molecule has 11 heavy (non-hydrogen) atoms. The number of ether oxygens (including phenoxy) is 1. The van der Waals surface area contributed by atoms with E-state index in [2.05, 4.69) is 0 Å². The molecule has 2 aliphatic carbocycles. The van der Waals surface area contributed by atoms with Crippen molar-refractivity contribution in [3.8, 4) is 0 Å². The Morgan fingerprint density at radius 3 is 3.09 bits per heavy atom. The highest BCUT2D eigenvalue weighted by molar-refractivity contribution is 5.75. The second-order valence-electron chi connectivity index (χ2n) is 4.16. The maximum Gasteiger partial charge on any atom is 0.309 e. The molecule has 0 aromatic carbocycles. The van der Waals surface area contributed by atoms with Crippen molar-refractivity contribution in [2.75, 3.05) is 0 Å². The Balaban J connectivity index is 1.98. The standard InChI is InChI=1S/C9H12O2/c10-9-6-2-1-5-3-7(6)8(4-5)11-9/h5-8H,1-4H2. The Bertz CT molecular complexity index is 210. The highest BCUT2D eigenvalue weighted by atomic mass is 16.6. The lowest BCUT2D eigenvalue weighted by atomic mass is 9.81. The number of esters is 1. The normalized spacial score (nSPS) is 52.9. The fourth-order valence-corrected chi connectivity index (χ4v) is 3.09. The first-order valence-electron chi connectivity index (χ1n) is 4.55. The zero-order chi connectivity index (χ0) is 7.42. The largest absolute Gasteiger partial charge is 0.462 e. The molecule has 1 aliphatic heterocycles. The van der Waals surface area contributed by atoms with E-state index in [4.69, 9.17) is 4.74 Å². The molecule has 2 nitrogen and oxygen atoms in total. The lowest BCUT2D eigenvalue weighted by Gasteiger charge is -2.21. The molecule has 2 saturated carbocycles. The molecule has 0 spiro atoms. The molecule has 2 bridgehead atoms. The van der Waals surface area contributed by atoms with E-state index in [1.807, 2.05) is 0 Å². The highest BCUT2D eigenvalue weighted by Gasteiger charge is 2.52. The van der Waals surface area contributed by atoms with Crippen LogP contribution < -0.4 is 0 Å². The summed E-state index contributed by atoms with van der Waals surface area (Å²) >= 11 is 0. The smallest absolute Gasteiger partial charge is 0.309 e. The van der Waals surface area contributed by atoms with Crippen molar-refractivity contribution in [1.29, 1.82) is 0 Å². The van der Waals surface area contributed by atoms with E-state index >= 15 is 0 Å². The van der Waals surface area contributed by atoms with Gasteiger partial charge in [-0.2, -0.15) is 0 Å². The van der Waals surface area contributed by atoms with Crippen molar-refractivity contribution in [3.05, 3.63) is 0 Å². The van der Waals surface area contributed by atoms with Crippen molar-refractivity contribution >= 4 is 5.97 Å². The predicted octanol–water partition coefficient (Wildman–Crippen LogP) is 1.35. The van der Waals surface area contributed by atoms with Crippen LogP contribution >= 0.6 is 0 Å². The fourth-order valence-electron chi connectivity index (χ4n) is 3.09. The van der Waals surface area contributed by atoms with Gasteiger partial charge in [0.15, 0.2) is 0 Å². The van der Waals surface area contributed by atoms with Crippen molar-refractivity contribution < 1.29 is 9.53 Å². The van der Waals surface area contributed by atoms with Gasteiger partial charge in [0, 0.05) is 5.92 Å².